The van der Waals surface area contributed by atoms with Crippen molar-refractivity contribution in [2.75, 3.05) is 0 Å². The van der Waals surface area contributed by atoms with Gasteiger partial charge in [-0.25, -0.2) is 0 Å². The lowest BCUT2D eigenvalue weighted by Gasteiger charge is -2.08. The number of hydrogen-bond donors (Lipinski definition) is 1. The van der Waals surface area contributed by atoms with E-state index in [-0.39, 0.29) is 6.04 Å². The Hall–Kier alpha value is -1.29. The number of benzene rings is 1. The lowest BCUT2D eigenvalue weighted by molar-refractivity contribution is 0.479. The molecule has 0 spiro atoms. The minimum Gasteiger partial charge on any atom is -0.456 e. The van der Waals surface area contributed by atoms with Gasteiger partial charge >= 0.3 is 0 Å². The number of halogens is 2. The monoisotopic (exact) mass is 282 g/mol. The van der Waals surface area contributed by atoms with E-state index in [1.807, 2.05) is 19.1 Å². The highest BCUT2D eigenvalue weighted by molar-refractivity contribution is 6.42. The fourth-order valence-corrected chi connectivity index (χ4v) is 1.69. The summed E-state index contributed by atoms with van der Waals surface area (Å²) in [6, 6.07) is 8.63. The second-order valence-corrected chi connectivity index (χ2v) is 4.70. The smallest absolute Gasteiger partial charge is 0.145 e. The molecule has 0 amide bonds. The van der Waals surface area contributed by atoms with E-state index in [4.69, 9.17) is 33.7 Å². The van der Waals surface area contributed by atoms with Gasteiger partial charge in [0.05, 0.1) is 21.9 Å². The van der Waals surface area contributed by atoms with E-state index in [0.717, 1.165) is 5.69 Å². The summed E-state index contributed by atoms with van der Waals surface area (Å²) in [5.41, 5.74) is 6.53. The van der Waals surface area contributed by atoms with Gasteiger partial charge in [-0.15, -0.1) is 0 Å². The molecule has 0 bridgehead atoms. The van der Waals surface area contributed by atoms with E-state index in [9.17, 15) is 0 Å². The van der Waals surface area contributed by atoms with E-state index >= 15 is 0 Å². The minimum absolute atomic E-state index is 0.0935. The average molecular weight is 283 g/mol. The molecule has 94 valence electrons. The molecule has 0 radical (unpaired) electrons. The summed E-state index contributed by atoms with van der Waals surface area (Å²) in [6.45, 7) is 1.88. The van der Waals surface area contributed by atoms with Crippen molar-refractivity contribution in [1.82, 2.24) is 4.98 Å². The molecule has 0 aliphatic rings. The van der Waals surface area contributed by atoms with Crippen molar-refractivity contribution >= 4 is 23.2 Å². The van der Waals surface area contributed by atoms with Crippen molar-refractivity contribution in [3.05, 3.63) is 52.3 Å². The van der Waals surface area contributed by atoms with Gasteiger partial charge in [0.25, 0.3) is 0 Å². The second kappa shape index (κ2) is 5.57. The zero-order chi connectivity index (χ0) is 13.1. The summed E-state index contributed by atoms with van der Waals surface area (Å²) in [5, 5.41) is 0.948. The summed E-state index contributed by atoms with van der Waals surface area (Å²) in [5.74, 6) is 1.23. The normalized spacial score (nSPS) is 12.2. The summed E-state index contributed by atoms with van der Waals surface area (Å²) in [6.07, 6.45) is 1.63. The first kappa shape index (κ1) is 13.1. The molecule has 1 heterocycles. The van der Waals surface area contributed by atoms with Gasteiger partial charge in [-0.2, -0.15) is 0 Å². The molecule has 0 saturated carbocycles. The van der Waals surface area contributed by atoms with E-state index in [1.54, 1.807) is 24.4 Å². The molecule has 0 aliphatic carbocycles. The van der Waals surface area contributed by atoms with Gasteiger partial charge in [0.2, 0.25) is 0 Å². The standard InChI is InChI=1S/C13H12Cl2N2O/c1-8(16)13-5-3-10(7-17-13)18-9-2-4-11(14)12(15)6-9/h2-8H,16H2,1H3. The van der Waals surface area contributed by atoms with Crippen LogP contribution in [0.15, 0.2) is 36.5 Å². The third kappa shape index (κ3) is 3.13. The van der Waals surface area contributed by atoms with Gasteiger partial charge in [0, 0.05) is 12.1 Å². The van der Waals surface area contributed by atoms with Crippen LogP contribution in [0.3, 0.4) is 0 Å². The summed E-state index contributed by atoms with van der Waals surface area (Å²) < 4.78 is 5.60. The van der Waals surface area contributed by atoms with Crippen LogP contribution in [-0.2, 0) is 0 Å². The molecule has 18 heavy (non-hydrogen) atoms. The van der Waals surface area contributed by atoms with Crippen LogP contribution in [0.1, 0.15) is 18.7 Å². The zero-order valence-corrected chi connectivity index (χ0v) is 11.2. The minimum atomic E-state index is -0.0935. The number of nitrogens with two attached hydrogens (primary N) is 1. The molecule has 2 rings (SSSR count). The van der Waals surface area contributed by atoms with Crippen LogP contribution in [0.4, 0.5) is 0 Å². The number of pyridine rings is 1. The molecule has 0 aliphatic heterocycles. The lowest BCUT2D eigenvalue weighted by atomic mass is 10.2. The fraction of sp³-hybridized carbons (Fsp3) is 0.154. The Bertz CT molecular complexity index is 541. The second-order valence-electron chi connectivity index (χ2n) is 3.89. The maximum absolute atomic E-state index is 5.90. The van der Waals surface area contributed by atoms with Crippen LogP contribution in [0, 0.1) is 0 Å². The number of ether oxygens (including phenoxy) is 1. The molecular formula is C13H12Cl2N2O. The molecule has 3 nitrogen and oxygen atoms in total. The third-order valence-electron chi connectivity index (χ3n) is 2.35. The Balaban J connectivity index is 2.15. The summed E-state index contributed by atoms with van der Waals surface area (Å²) in [4.78, 5) is 4.21. The first-order valence-corrected chi connectivity index (χ1v) is 6.16. The maximum Gasteiger partial charge on any atom is 0.145 e. The van der Waals surface area contributed by atoms with E-state index < -0.39 is 0 Å². The molecule has 5 heteroatoms. The van der Waals surface area contributed by atoms with Crippen LogP contribution in [0.5, 0.6) is 11.5 Å². The van der Waals surface area contributed by atoms with Crippen LogP contribution in [0.2, 0.25) is 10.0 Å². The van der Waals surface area contributed by atoms with Crippen LogP contribution in [0.25, 0.3) is 0 Å². The fourth-order valence-electron chi connectivity index (χ4n) is 1.40. The van der Waals surface area contributed by atoms with Crippen molar-refractivity contribution in [1.29, 1.82) is 0 Å². The van der Waals surface area contributed by atoms with E-state index in [0.29, 0.717) is 21.5 Å². The topological polar surface area (TPSA) is 48.1 Å². The Morgan fingerprint density at radius 3 is 2.39 bits per heavy atom. The molecule has 0 saturated heterocycles. The molecular weight excluding hydrogens is 271 g/mol. The van der Waals surface area contributed by atoms with Crippen LogP contribution in [-0.4, -0.2) is 4.98 Å². The number of rotatable bonds is 3. The van der Waals surface area contributed by atoms with Crippen molar-refractivity contribution in [3.8, 4) is 11.5 Å². The SMILES string of the molecule is CC(N)c1ccc(Oc2ccc(Cl)c(Cl)c2)cn1. The molecule has 0 fully saturated rings. The van der Waals surface area contributed by atoms with Gasteiger partial charge in [-0.05, 0) is 31.2 Å². The van der Waals surface area contributed by atoms with Gasteiger partial charge in [-0.3, -0.25) is 4.98 Å². The first-order chi connectivity index (χ1) is 8.56. The summed E-state index contributed by atoms with van der Waals surface area (Å²) in [7, 11) is 0. The number of nitrogens with zero attached hydrogens (tertiary/aromatic N) is 1. The van der Waals surface area contributed by atoms with Crippen LogP contribution < -0.4 is 10.5 Å². The quantitative estimate of drug-likeness (QED) is 0.918. The molecule has 2 aromatic rings. The maximum atomic E-state index is 5.90. The van der Waals surface area contributed by atoms with Crippen LogP contribution >= 0.6 is 23.2 Å². The first-order valence-electron chi connectivity index (χ1n) is 5.40. The third-order valence-corrected chi connectivity index (χ3v) is 3.09. The van der Waals surface area contributed by atoms with E-state index in [1.165, 1.54) is 0 Å². The van der Waals surface area contributed by atoms with Gasteiger partial charge < -0.3 is 10.5 Å². The van der Waals surface area contributed by atoms with Crippen molar-refractivity contribution in [2.24, 2.45) is 5.73 Å². The van der Waals surface area contributed by atoms with Crippen molar-refractivity contribution in [2.45, 2.75) is 13.0 Å². The molecule has 1 atom stereocenters. The Morgan fingerprint density at radius 2 is 1.83 bits per heavy atom. The Labute approximate surface area is 115 Å². The van der Waals surface area contributed by atoms with Crippen molar-refractivity contribution < 1.29 is 4.74 Å². The van der Waals surface area contributed by atoms with E-state index in [2.05, 4.69) is 4.98 Å². The average Bonchev–Trinajstić information content (AvgIpc) is 2.34. The Kier molecular flexibility index (Phi) is 4.07. The van der Waals surface area contributed by atoms with Gasteiger partial charge in [0.15, 0.2) is 0 Å². The predicted octanol–water partition coefficient (Wildman–Crippen LogP) is 4.20. The largest absolute Gasteiger partial charge is 0.456 e. The molecule has 1 unspecified atom stereocenters. The summed E-state index contributed by atoms with van der Waals surface area (Å²) >= 11 is 11.7. The lowest BCUT2D eigenvalue weighted by Crippen LogP contribution is -2.06. The highest BCUT2D eigenvalue weighted by atomic mass is 35.5. The highest BCUT2D eigenvalue weighted by Crippen LogP contribution is 2.29. The molecule has 2 N–H and O–H groups in total. The zero-order valence-electron chi connectivity index (χ0n) is 9.73. The predicted molar refractivity (Wildman–Crippen MR) is 73.4 cm³/mol. The highest BCUT2D eigenvalue weighted by Gasteiger charge is 2.04. The van der Waals surface area contributed by atoms with Gasteiger partial charge in [0.1, 0.15) is 11.5 Å². The number of hydrogen-bond acceptors (Lipinski definition) is 3. The van der Waals surface area contributed by atoms with Crippen molar-refractivity contribution in [3.63, 3.8) is 0 Å². The number of aromatic nitrogens is 1. The molecule has 1 aromatic heterocycles. The molecule has 1 aromatic carbocycles. The Morgan fingerprint density at radius 1 is 1.11 bits per heavy atom. The van der Waals surface area contributed by atoms with Gasteiger partial charge in [-0.1, -0.05) is 23.2 Å².